The number of rotatable bonds is 9. The first-order valence-electron chi connectivity index (χ1n) is 7.73. The predicted molar refractivity (Wildman–Crippen MR) is 86.7 cm³/mol. The lowest BCUT2D eigenvalue weighted by molar-refractivity contribution is -0.138. The van der Waals surface area contributed by atoms with Crippen LogP contribution in [0.5, 0.6) is 0 Å². The highest BCUT2D eigenvalue weighted by molar-refractivity contribution is 7.89. The molecule has 3 N–H and O–H groups in total. The second kappa shape index (κ2) is 7.27. The molecular formula is C15H23N3O4S. The molecule has 0 aliphatic heterocycles. The minimum atomic E-state index is -3.55. The number of anilines is 1. The molecule has 128 valence electrons. The third kappa shape index (κ3) is 5.47. The van der Waals surface area contributed by atoms with Crippen molar-refractivity contribution < 1.29 is 18.3 Å². The van der Waals surface area contributed by atoms with Crippen molar-refractivity contribution in [2.45, 2.75) is 44.0 Å². The Kier molecular flexibility index (Phi) is 5.59. The fourth-order valence-corrected chi connectivity index (χ4v) is 3.19. The Labute approximate surface area is 136 Å². The number of sulfonamides is 1. The molecule has 0 bridgehead atoms. The number of hydrogen-bond acceptors (Lipinski definition) is 5. The van der Waals surface area contributed by atoms with Gasteiger partial charge in [-0.25, -0.2) is 22.9 Å². The molecule has 0 saturated heterocycles. The molecule has 1 aliphatic carbocycles. The fourth-order valence-electron chi connectivity index (χ4n) is 2.13. The summed E-state index contributed by atoms with van der Waals surface area (Å²) in [6.45, 7) is 4.33. The first-order chi connectivity index (χ1) is 10.8. The van der Waals surface area contributed by atoms with E-state index in [1.54, 1.807) is 0 Å². The molecule has 1 heterocycles. The summed E-state index contributed by atoms with van der Waals surface area (Å²) in [5.74, 6) is 0.0587. The highest BCUT2D eigenvalue weighted by Crippen LogP contribution is 2.28. The van der Waals surface area contributed by atoms with Crippen molar-refractivity contribution in [2.24, 2.45) is 11.8 Å². The van der Waals surface area contributed by atoms with E-state index >= 15 is 0 Å². The third-order valence-corrected chi connectivity index (χ3v) is 5.04. The van der Waals surface area contributed by atoms with Crippen LogP contribution >= 0.6 is 0 Å². The summed E-state index contributed by atoms with van der Waals surface area (Å²) in [4.78, 5) is 15.3. The molecule has 1 aromatic heterocycles. The van der Waals surface area contributed by atoms with Crippen molar-refractivity contribution in [3.8, 4) is 0 Å². The summed E-state index contributed by atoms with van der Waals surface area (Å²) >= 11 is 0. The predicted octanol–water partition coefficient (Wildman–Crippen LogP) is 1.68. The van der Waals surface area contributed by atoms with E-state index in [1.165, 1.54) is 18.3 Å². The third-order valence-electron chi connectivity index (χ3n) is 3.63. The molecule has 1 fully saturated rings. The molecule has 0 aromatic carbocycles. The van der Waals surface area contributed by atoms with Crippen molar-refractivity contribution in [2.75, 3.05) is 11.9 Å². The Morgan fingerprint density at radius 1 is 1.39 bits per heavy atom. The van der Waals surface area contributed by atoms with Crippen LogP contribution < -0.4 is 10.0 Å². The summed E-state index contributed by atoms with van der Waals surface area (Å²) < 4.78 is 26.7. The quantitative estimate of drug-likeness (QED) is 0.630. The van der Waals surface area contributed by atoms with Gasteiger partial charge in [0, 0.05) is 12.7 Å². The van der Waals surface area contributed by atoms with Gasteiger partial charge >= 0.3 is 5.97 Å². The van der Waals surface area contributed by atoms with Crippen LogP contribution in [0.25, 0.3) is 0 Å². The molecule has 8 heteroatoms. The smallest absolute Gasteiger partial charge is 0.326 e. The largest absolute Gasteiger partial charge is 0.480 e. The Balaban J connectivity index is 2.01. The van der Waals surface area contributed by atoms with E-state index in [0.717, 1.165) is 12.8 Å². The van der Waals surface area contributed by atoms with Gasteiger partial charge in [-0.1, -0.05) is 13.8 Å². The standard InChI is InChI=1S/C15H23N3O4S/c1-10(2)7-13(15(19)20)18-14-6-5-12(9-16-14)23(21,22)17-8-11-3-4-11/h5-6,9-11,13,17H,3-4,7-8H2,1-2H3,(H,16,18)(H,19,20)/t13-/m1/s1. The average Bonchev–Trinajstić information content (AvgIpc) is 3.29. The number of carboxylic acid groups (broad SMARTS) is 1. The molecule has 0 amide bonds. The maximum absolute atomic E-state index is 12.1. The first-order valence-corrected chi connectivity index (χ1v) is 9.21. The number of nitrogens with zero attached hydrogens (tertiary/aromatic N) is 1. The summed E-state index contributed by atoms with van der Waals surface area (Å²) in [6, 6.07) is 2.17. The summed E-state index contributed by atoms with van der Waals surface area (Å²) in [7, 11) is -3.55. The van der Waals surface area contributed by atoms with E-state index in [1.807, 2.05) is 13.8 Å². The molecule has 2 rings (SSSR count). The zero-order chi connectivity index (χ0) is 17.0. The molecule has 0 radical (unpaired) electrons. The van der Waals surface area contributed by atoms with E-state index in [0.29, 0.717) is 24.7 Å². The summed E-state index contributed by atoms with van der Waals surface area (Å²) in [5.41, 5.74) is 0. The van der Waals surface area contributed by atoms with E-state index in [-0.39, 0.29) is 10.8 Å². The van der Waals surface area contributed by atoms with E-state index < -0.39 is 22.0 Å². The number of aliphatic carboxylic acids is 1. The van der Waals surface area contributed by atoms with Crippen LogP contribution in [0.2, 0.25) is 0 Å². The fraction of sp³-hybridized carbons (Fsp3) is 0.600. The van der Waals surface area contributed by atoms with Crippen LogP contribution in [-0.4, -0.2) is 37.1 Å². The molecule has 1 aliphatic rings. The molecule has 7 nitrogen and oxygen atoms in total. The summed E-state index contributed by atoms with van der Waals surface area (Å²) in [5, 5.41) is 12.0. The van der Waals surface area contributed by atoms with Crippen molar-refractivity contribution in [1.29, 1.82) is 0 Å². The first kappa shape index (κ1) is 17.7. The van der Waals surface area contributed by atoms with Crippen LogP contribution in [0.3, 0.4) is 0 Å². The number of carboxylic acids is 1. The highest BCUT2D eigenvalue weighted by atomic mass is 32.2. The molecular weight excluding hydrogens is 318 g/mol. The highest BCUT2D eigenvalue weighted by Gasteiger charge is 2.24. The van der Waals surface area contributed by atoms with Gasteiger partial charge in [0.2, 0.25) is 10.0 Å². The van der Waals surface area contributed by atoms with Gasteiger partial charge in [0.05, 0.1) is 0 Å². The average molecular weight is 341 g/mol. The Morgan fingerprint density at radius 3 is 2.57 bits per heavy atom. The van der Waals surface area contributed by atoms with Crippen molar-refractivity contribution in [1.82, 2.24) is 9.71 Å². The van der Waals surface area contributed by atoms with Crippen LogP contribution in [0.4, 0.5) is 5.82 Å². The number of hydrogen-bond donors (Lipinski definition) is 3. The van der Waals surface area contributed by atoms with Crippen molar-refractivity contribution >= 4 is 21.8 Å². The van der Waals surface area contributed by atoms with Gasteiger partial charge in [0.15, 0.2) is 0 Å². The maximum Gasteiger partial charge on any atom is 0.326 e. The number of pyridine rings is 1. The molecule has 1 atom stereocenters. The van der Waals surface area contributed by atoms with Gasteiger partial charge in [0.1, 0.15) is 16.8 Å². The summed E-state index contributed by atoms with van der Waals surface area (Å²) in [6.07, 6.45) is 3.83. The van der Waals surface area contributed by atoms with Crippen LogP contribution in [-0.2, 0) is 14.8 Å². The lowest BCUT2D eigenvalue weighted by Gasteiger charge is -2.17. The molecule has 0 unspecified atom stereocenters. The number of carbonyl (C=O) groups is 1. The van der Waals surface area contributed by atoms with Gasteiger partial charge in [-0.05, 0) is 43.2 Å². The van der Waals surface area contributed by atoms with Crippen LogP contribution in [0.1, 0.15) is 33.1 Å². The SMILES string of the molecule is CC(C)C[C@@H](Nc1ccc(S(=O)(=O)NCC2CC2)cn1)C(=O)O. The molecule has 0 spiro atoms. The van der Waals surface area contributed by atoms with Crippen LogP contribution in [0, 0.1) is 11.8 Å². The minimum Gasteiger partial charge on any atom is -0.480 e. The number of nitrogens with one attached hydrogen (secondary N) is 2. The molecule has 1 aromatic rings. The second-order valence-corrected chi connectivity index (χ2v) is 8.11. The Bertz CT molecular complexity index is 639. The van der Waals surface area contributed by atoms with Gasteiger partial charge in [-0.3, -0.25) is 0 Å². The lowest BCUT2D eigenvalue weighted by atomic mass is 10.0. The van der Waals surface area contributed by atoms with Gasteiger partial charge in [0.25, 0.3) is 0 Å². The Hall–Kier alpha value is -1.67. The van der Waals surface area contributed by atoms with E-state index in [4.69, 9.17) is 0 Å². The van der Waals surface area contributed by atoms with Gasteiger partial charge < -0.3 is 10.4 Å². The monoisotopic (exact) mass is 341 g/mol. The van der Waals surface area contributed by atoms with Crippen LogP contribution in [0.15, 0.2) is 23.2 Å². The zero-order valence-electron chi connectivity index (χ0n) is 13.3. The van der Waals surface area contributed by atoms with Gasteiger partial charge in [-0.2, -0.15) is 0 Å². The van der Waals surface area contributed by atoms with Crippen molar-refractivity contribution in [3.63, 3.8) is 0 Å². The van der Waals surface area contributed by atoms with E-state index in [9.17, 15) is 18.3 Å². The normalized spacial score (nSPS) is 16.3. The second-order valence-electron chi connectivity index (χ2n) is 6.34. The number of aromatic nitrogens is 1. The zero-order valence-corrected chi connectivity index (χ0v) is 14.1. The molecule has 23 heavy (non-hydrogen) atoms. The lowest BCUT2D eigenvalue weighted by Crippen LogP contribution is -2.31. The maximum atomic E-state index is 12.1. The van der Waals surface area contributed by atoms with Gasteiger partial charge in [-0.15, -0.1) is 0 Å². The van der Waals surface area contributed by atoms with E-state index in [2.05, 4.69) is 15.0 Å². The minimum absolute atomic E-state index is 0.0828. The topological polar surface area (TPSA) is 108 Å². The Morgan fingerprint density at radius 2 is 2.09 bits per heavy atom. The van der Waals surface area contributed by atoms with Crippen molar-refractivity contribution in [3.05, 3.63) is 18.3 Å². The molecule has 1 saturated carbocycles.